The van der Waals surface area contributed by atoms with Crippen LogP contribution in [0.5, 0.6) is 0 Å². The first-order chi connectivity index (χ1) is 13.6. The van der Waals surface area contributed by atoms with Crippen molar-refractivity contribution in [2.24, 2.45) is 5.92 Å². The molecule has 3 heteroatoms. The molecule has 3 rings (SSSR count). The van der Waals surface area contributed by atoms with Crippen molar-refractivity contribution < 1.29 is 9.90 Å². The number of nitrogens with one attached hydrogen (secondary N) is 1. The van der Waals surface area contributed by atoms with E-state index in [1.54, 1.807) is 6.08 Å². The Morgan fingerprint density at radius 1 is 1.18 bits per heavy atom. The predicted molar refractivity (Wildman–Crippen MR) is 114 cm³/mol. The number of hydrogen-bond donors (Lipinski definition) is 2. The Balaban J connectivity index is 1.64. The summed E-state index contributed by atoms with van der Waals surface area (Å²) in [6.45, 7) is 5.72. The Kier molecular flexibility index (Phi) is 6.62. The van der Waals surface area contributed by atoms with Gasteiger partial charge in [-0.3, -0.25) is 4.79 Å². The Labute approximate surface area is 167 Å². The van der Waals surface area contributed by atoms with Crippen molar-refractivity contribution in [3.8, 4) is 0 Å². The fourth-order valence-corrected chi connectivity index (χ4v) is 3.62. The van der Waals surface area contributed by atoms with E-state index in [1.807, 2.05) is 49.4 Å². The lowest BCUT2D eigenvalue weighted by Crippen LogP contribution is -2.51. The maximum atomic E-state index is 12.1. The number of rotatable bonds is 8. The standard InChI is InChI=1S/C25H27NO2/c1-3-5-9-18(4-2)19-12-14-21(15-13-19)24-22(25(28)26-24)16-17-23(27)20-10-7-6-8-11-20/h3-15,22-24,27H,1,16-17H2,2H3,(H,26,28)/b9-5-,18-4+. The molecule has 3 nitrogen and oxygen atoms in total. The van der Waals surface area contributed by atoms with Gasteiger partial charge >= 0.3 is 0 Å². The highest BCUT2D eigenvalue weighted by Crippen LogP contribution is 2.36. The molecule has 0 aliphatic carbocycles. The van der Waals surface area contributed by atoms with Crippen molar-refractivity contribution in [3.63, 3.8) is 0 Å². The number of hydrogen-bond acceptors (Lipinski definition) is 2. The van der Waals surface area contributed by atoms with Crippen LogP contribution in [0.3, 0.4) is 0 Å². The van der Waals surface area contributed by atoms with Crippen LogP contribution in [-0.2, 0) is 4.79 Å². The molecule has 3 unspecified atom stereocenters. The number of carbonyl (C=O) groups excluding carboxylic acids is 1. The highest BCUT2D eigenvalue weighted by molar-refractivity contribution is 5.86. The van der Waals surface area contributed by atoms with E-state index in [0.717, 1.165) is 22.3 Å². The quantitative estimate of drug-likeness (QED) is 0.498. The van der Waals surface area contributed by atoms with Gasteiger partial charge in [0.1, 0.15) is 0 Å². The Bertz CT molecular complexity index is 865. The maximum Gasteiger partial charge on any atom is 0.226 e. The van der Waals surface area contributed by atoms with Crippen LogP contribution in [-0.4, -0.2) is 11.0 Å². The van der Waals surface area contributed by atoms with Gasteiger partial charge < -0.3 is 10.4 Å². The van der Waals surface area contributed by atoms with Crippen LogP contribution in [0.25, 0.3) is 5.57 Å². The highest BCUT2D eigenvalue weighted by atomic mass is 16.3. The van der Waals surface area contributed by atoms with Gasteiger partial charge in [-0.1, -0.05) is 85.5 Å². The number of aliphatic hydroxyl groups is 1. The van der Waals surface area contributed by atoms with E-state index in [4.69, 9.17) is 0 Å². The van der Waals surface area contributed by atoms with E-state index in [1.165, 1.54) is 0 Å². The Morgan fingerprint density at radius 3 is 2.50 bits per heavy atom. The molecule has 0 radical (unpaired) electrons. The van der Waals surface area contributed by atoms with Crippen LogP contribution in [0.15, 0.2) is 85.5 Å². The monoisotopic (exact) mass is 373 g/mol. The molecule has 2 aromatic carbocycles. The second-order valence-electron chi connectivity index (χ2n) is 7.06. The van der Waals surface area contributed by atoms with Crippen LogP contribution >= 0.6 is 0 Å². The van der Waals surface area contributed by atoms with Gasteiger partial charge in [0.2, 0.25) is 5.91 Å². The summed E-state index contributed by atoms with van der Waals surface area (Å²) in [5, 5.41) is 13.4. The topological polar surface area (TPSA) is 49.3 Å². The van der Waals surface area contributed by atoms with Gasteiger partial charge in [-0.05, 0) is 42.0 Å². The lowest BCUT2D eigenvalue weighted by atomic mass is 9.80. The normalized spacial score (nSPS) is 20.5. The van der Waals surface area contributed by atoms with E-state index in [2.05, 4.69) is 42.2 Å². The molecule has 1 fully saturated rings. The molecule has 1 amide bonds. The fraction of sp³-hybridized carbons (Fsp3) is 0.240. The number of allylic oxidation sites excluding steroid dienone is 5. The summed E-state index contributed by atoms with van der Waals surface area (Å²) < 4.78 is 0. The molecular weight excluding hydrogens is 346 g/mol. The third-order valence-electron chi connectivity index (χ3n) is 5.30. The third kappa shape index (κ3) is 4.49. The summed E-state index contributed by atoms with van der Waals surface area (Å²) in [5.74, 6) is -0.0246. The van der Waals surface area contributed by atoms with Gasteiger partial charge in [-0.15, -0.1) is 0 Å². The first-order valence-corrected chi connectivity index (χ1v) is 9.73. The number of carbonyl (C=O) groups is 1. The van der Waals surface area contributed by atoms with Crippen molar-refractivity contribution in [2.75, 3.05) is 0 Å². The van der Waals surface area contributed by atoms with Gasteiger partial charge in [0, 0.05) is 0 Å². The molecule has 0 aromatic heterocycles. The molecule has 144 valence electrons. The average Bonchev–Trinajstić information content (AvgIpc) is 2.73. The predicted octanol–water partition coefficient (Wildman–Crippen LogP) is 5.13. The second-order valence-corrected chi connectivity index (χ2v) is 7.06. The van der Waals surface area contributed by atoms with Gasteiger partial charge in [-0.25, -0.2) is 0 Å². The second kappa shape index (κ2) is 9.34. The van der Waals surface area contributed by atoms with E-state index >= 15 is 0 Å². The van der Waals surface area contributed by atoms with Gasteiger partial charge in [0.25, 0.3) is 0 Å². The van der Waals surface area contributed by atoms with E-state index in [9.17, 15) is 9.90 Å². The van der Waals surface area contributed by atoms with Crippen LogP contribution in [0, 0.1) is 5.92 Å². The number of aliphatic hydroxyl groups excluding tert-OH is 1. The summed E-state index contributed by atoms with van der Waals surface area (Å²) >= 11 is 0. The van der Waals surface area contributed by atoms with Crippen molar-refractivity contribution in [1.82, 2.24) is 5.32 Å². The smallest absolute Gasteiger partial charge is 0.226 e. The van der Waals surface area contributed by atoms with Gasteiger partial charge in [0.15, 0.2) is 0 Å². The third-order valence-corrected chi connectivity index (χ3v) is 5.30. The van der Waals surface area contributed by atoms with Gasteiger partial charge in [0.05, 0.1) is 18.1 Å². The van der Waals surface area contributed by atoms with Crippen molar-refractivity contribution >= 4 is 11.5 Å². The zero-order valence-electron chi connectivity index (χ0n) is 16.2. The first kappa shape index (κ1) is 19.8. The number of benzene rings is 2. The molecule has 1 aliphatic rings. The van der Waals surface area contributed by atoms with E-state index < -0.39 is 6.10 Å². The molecule has 0 spiro atoms. The summed E-state index contributed by atoms with van der Waals surface area (Å²) in [5.41, 5.74) is 4.26. The lowest BCUT2D eigenvalue weighted by Gasteiger charge is -2.37. The molecule has 2 N–H and O–H groups in total. The molecule has 28 heavy (non-hydrogen) atoms. The fourth-order valence-electron chi connectivity index (χ4n) is 3.62. The molecule has 2 aromatic rings. The lowest BCUT2D eigenvalue weighted by molar-refractivity contribution is -0.135. The minimum Gasteiger partial charge on any atom is -0.388 e. The summed E-state index contributed by atoms with van der Waals surface area (Å²) in [4.78, 5) is 12.1. The van der Waals surface area contributed by atoms with Crippen LogP contribution in [0.4, 0.5) is 0 Å². The SMILES string of the molecule is C=C/C=C\C(=C/C)c1ccc(C2NC(=O)C2CCC(O)c2ccccc2)cc1. The molecule has 3 atom stereocenters. The highest BCUT2D eigenvalue weighted by Gasteiger charge is 2.39. The number of amides is 1. The van der Waals surface area contributed by atoms with E-state index in [0.29, 0.717) is 12.8 Å². The molecule has 0 bridgehead atoms. The first-order valence-electron chi connectivity index (χ1n) is 9.73. The van der Waals surface area contributed by atoms with Crippen molar-refractivity contribution in [2.45, 2.75) is 31.9 Å². The summed E-state index contributed by atoms with van der Waals surface area (Å²) in [6.07, 6.45) is 8.48. The Hall–Kier alpha value is -2.91. The molecule has 0 saturated carbocycles. The molecule has 1 aliphatic heterocycles. The Morgan fingerprint density at radius 2 is 1.89 bits per heavy atom. The van der Waals surface area contributed by atoms with Gasteiger partial charge in [-0.2, -0.15) is 0 Å². The van der Waals surface area contributed by atoms with Crippen molar-refractivity contribution in [3.05, 3.63) is 102 Å². The summed E-state index contributed by atoms with van der Waals surface area (Å²) in [7, 11) is 0. The van der Waals surface area contributed by atoms with Crippen LogP contribution in [0.2, 0.25) is 0 Å². The maximum absolute atomic E-state index is 12.1. The molecule has 1 saturated heterocycles. The average molecular weight is 373 g/mol. The zero-order chi connectivity index (χ0) is 19.9. The molecule has 1 heterocycles. The minimum absolute atomic E-state index is 0.0160. The van der Waals surface area contributed by atoms with Crippen LogP contribution in [0.1, 0.15) is 48.6 Å². The minimum atomic E-state index is -0.536. The van der Waals surface area contributed by atoms with E-state index in [-0.39, 0.29) is 17.9 Å². The van der Waals surface area contributed by atoms with Crippen molar-refractivity contribution in [1.29, 1.82) is 0 Å². The zero-order valence-corrected chi connectivity index (χ0v) is 16.2. The molecular formula is C25H27NO2. The summed E-state index contributed by atoms with van der Waals surface area (Å²) in [6, 6.07) is 17.9. The van der Waals surface area contributed by atoms with Crippen LogP contribution < -0.4 is 5.32 Å². The number of β-lactam (4-membered cyclic amide) rings is 1. The largest absolute Gasteiger partial charge is 0.388 e.